The summed E-state index contributed by atoms with van der Waals surface area (Å²) < 4.78 is 1.72. The van der Waals surface area contributed by atoms with Crippen LogP contribution in [0.5, 0.6) is 0 Å². The quantitative estimate of drug-likeness (QED) is 0.638. The molecule has 0 aromatic carbocycles. The molecule has 1 aliphatic rings. The van der Waals surface area contributed by atoms with E-state index in [9.17, 15) is 9.59 Å². The van der Waals surface area contributed by atoms with Crippen molar-refractivity contribution in [3.8, 4) is 0 Å². The van der Waals surface area contributed by atoms with Gasteiger partial charge in [-0.2, -0.15) is 5.10 Å². The predicted octanol–water partition coefficient (Wildman–Crippen LogP) is 1.61. The molecule has 1 atom stereocenters. The minimum Gasteiger partial charge on any atom is -0.481 e. The number of carbonyl (C=O) groups excluding carboxylic acids is 1. The van der Waals surface area contributed by atoms with Gasteiger partial charge in [0.05, 0.1) is 12.3 Å². The maximum absolute atomic E-state index is 12.1. The van der Waals surface area contributed by atoms with Crippen LogP contribution < -0.4 is 0 Å². The van der Waals surface area contributed by atoms with Gasteiger partial charge in [-0.3, -0.25) is 9.59 Å². The first-order chi connectivity index (χ1) is 8.61. The largest absolute Gasteiger partial charge is 0.481 e. The maximum Gasteiger partial charge on any atom is 0.306 e. The predicted molar refractivity (Wildman–Crippen MR) is 76.2 cm³/mol. The number of aliphatic carboxylic acids is 1. The fourth-order valence-corrected chi connectivity index (χ4v) is 3.06. The lowest BCUT2D eigenvalue weighted by Crippen LogP contribution is -2.40. The van der Waals surface area contributed by atoms with Crippen LogP contribution in [0.2, 0.25) is 0 Å². The second-order valence-corrected chi connectivity index (χ2v) is 6.21. The molecule has 1 aromatic rings. The molecular formula is C10H13IN3O3P. The summed E-state index contributed by atoms with van der Waals surface area (Å²) in [5, 5.41) is 13.1. The molecule has 6 nitrogen and oxygen atoms in total. The van der Waals surface area contributed by atoms with E-state index in [1.807, 2.05) is 0 Å². The SMILES string of the molecule is O=C(O)C1CCN(C(=O)c2ccn(PI)n2)CC1. The molecule has 0 spiro atoms. The van der Waals surface area contributed by atoms with Gasteiger partial charge in [0, 0.05) is 19.3 Å². The molecule has 1 amide bonds. The zero-order valence-electron chi connectivity index (χ0n) is 9.54. The van der Waals surface area contributed by atoms with E-state index in [0.29, 0.717) is 38.0 Å². The number of carboxylic acids is 1. The van der Waals surface area contributed by atoms with Gasteiger partial charge in [0.15, 0.2) is 5.69 Å². The van der Waals surface area contributed by atoms with Gasteiger partial charge in [-0.05, 0) is 40.9 Å². The van der Waals surface area contributed by atoms with E-state index in [4.69, 9.17) is 5.11 Å². The van der Waals surface area contributed by atoms with Gasteiger partial charge < -0.3 is 10.0 Å². The lowest BCUT2D eigenvalue weighted by Gasteiger charge is -2.29. The van der Waals surface area contributed by atoms with Gasteiger partial charge in [0.2, 0.25) is 0 Å². The summed E-state index contributed by atoms with van der Waals surface area (Å²) in [6.45, 7) is 0.990. The van der Waals surface area contributed by atoms with Crippen LogP contribution in [0.15, 0.2) is 12.3 Å². The van der Waals surface area contributed by atoms with Crippen molar-refractivity contribution in [1.29, 1.82) is 0 Å². The number of aromatic nitrogens is 2. The summed E-state index contributed by atoms with van der Waals surface area (Å²) in [5.74, 6) is -1.19. The zero-order chi connectivity index (χ0) is 13.1. The van der Waals surface area contributed by atoms with Crippen molar-refractivity contribution >= 4 is 40.3 Å². The van der Waals surface area contributed by atoms with Crippen molar-refractivity contribution in [3.05, 3.63) is 18.0 Å². The summed E-state index contributed by atoms with van der Waals surface area (Å²) in [7, 11) is 0. The Morgan fingerprint density at radius 1 is 1.44 bits per heavy atom. The summed E-state index contributed by atoms with van der Waals surface area (Å²) in [5.41, 5.74) is 0.438. The number of hydrogen-bond donors (Lipinski definition) is 1. The Morgan fingerprint density at radius 2 is 2.11 bits per heavy atom. The Morgan fingerprint density at radius 3 is 2.61 bits per heavy atom. The van der Waals surface area contributed by atoms with Crippen molar-refractivity contribution < 1.29 is 14.7 Å². The number of piperidine rings is 1. The summed E-state index contributed by atoms with van der Waals surface area (Å²) >= 11 is 2.19. The van der Waals surface area contributed by atoms with Crippen LogP contribution in [0.4, 0.5) is 0 Å². The first kappa shape index (κ1) is 13.7. The molecule has 1 fully saturated rings. The van der Waals surface area contributed by atoms with Crippen molar-refractivity contribution in [1.82, 2.24) is 14.5 Å². The number of hydrogen-bond acceptors (Lipinski definition) is 3. The Hall–Kier alpha value is -0.690. The van der Waals surface area contributed by atoms with Crippen molar-refractivity contribution in [2.24, 2.45) is 5.92 Å². The van der Waals surface area contributed by atoms with Gasteiger partial charge >= 0.3 is 5.97 Å². The van der Waals surface area contributed by atoms with E-state index in [-0.39, 0.29) is 11.8 Å². The Bertz CT molecular complexity index is 457. The standard InChI is InChI=1S/C10H13IN3O3P/c11-18-14-6-3-8(12-14)9(15)13-4-1-7(2-5-13)10(16)17/h3,6-7,18H,1-2,4-5H2,(H,16,17). The van der Waals surface area contributed by atoms with Gasteiger partial charge in [0.1, 0.15) is 0 Å². The van der Waals surface area contributed by atoms with E-state index in [0.717, 1.165) is 0 Å². The summed E-state index contributed by atoms with van der Waals surface area (Å²) in [6.07, 6.45) is 3.30. The third-order valence-electron chi connectivity index (χ3n) is 3.03. The molecule has 98 valence electrons. The third-order valence-corrected chi connectivity index (χ3v) is 4.93. The molecular weight excluding hydrogens is 368 g/mol. The average molecular weight is 381 g/mol. The zero-order valence-corrected chi connectivity index (χ0v) is 12.7. The number of amides is 1. The van der Waals surface area contributed by atoms with Gasteiger partial charge in [-0.25, -0.2) is 4.45 Å². The minimum absolute atomic E-state index is 0.104. The second kappa shape index (κ2) is 5.97. The highest BCUT2D eigenvalue weighted by atomic mass is 127. The van der Waals surface area contributed by atoms with Crippen LogP contribution in [0.1, 0.15) is 23.3 Å². The van der Waals surface area contributed by atoms with Gasteiger partial charge in [-0.15, -0.1) is 0 Å². The molecule has 1 aromatic heterocycles. The van der Waals surface area contributed by atoms with Crippen LogP contribution in [0.3, 0.4) is 0 Å². The van der Waals surface area contributed by atoms with Crippen molar-refractivity contribution in [3.63, 3.8) is 0 Å². The first-order valence-corrected chi connectivity index (χ1v) is 9.62. The number of nitrogens with zero attached hydrogens (tertiary/aromatic N) is 3. The Kier molecular flexibility index (Phi) is 4.55. The van der Waals surface area contributed by atoms with E-state index < -0.39 is 5.97 Å². The monoisotopic (exact) mass is 381 g/mol. The van der Waals surface area contributed by atoms with Crippen LogP contribution in [-0.2, 0) is 4.79 Å². The van der Waals surface area contributed by atoms with E-state index in [1.165, 1.54) is 0 Å². The third kappa shape index (κ3) is 3.00. The van der Waals surface area contributed by atoms with Crippen molar-refractivity contribution in [2.75, 3.05) is 13.1 Å². The van der Waals surface area contributed by atoms with Crippen LogP contribution in [-0.4, -0.2) is 44.5 Å². The molecule has 8 heteroatoms. The highest BCUT2D eigenvalue weighted by Crippen LogP contribution is 2.23. The van der Waals surface area contributed by atoms with Crippen LogP contribution >= 0.6 is 28.4 Å². The number of rotatable bonds is 3. The first-order valence-electron chi connectivity index (χ1n) is 5.56. The molecule has 0 saturated carbocycles. The highest BCUT2D eigenvalue weighted by Gasteiger charge is 2.28. The molecule has 0 bridgehead atoms. The number of carboxylic acid groups (broad SMARTS) is 1. The molecule has 18 heavy (non-hydrogen) atoms. The summed E-state index contributed by atoms with van der Waals surface area (Å²) in [6, 6.07) is 1.71. The molecule has 2 rings (SSSR count). The second-order valence-electron chi connectivity index (χ2n) is 4.13. The summed E-state index contributed by atoms with van der Waals surface area (Å²) in [4.78, 5) is 24.6. The number of halogens is 1. The molecule has 1 unspecified atom stereocenters. The van der Waals surface area contributed by atoms with E-state index in [2.05, 4.69) is 27.1 Å². The topological polar surface area (TPSA) is 75.4 Å². The number of likely N-dealkylation sites (tertiary alicyclic amines) is 1. The highest BCUT2D eigenvalue weighted by molar-refractivity contribution is 14.2. The van der Waals surface area contributed by atoms with Gasteiger partial charge in [-0.1, -0.05) is 0 Å². The minimum atomic E-state index is -0.766. The van der Waals surface area contributed by atoms with Crippen LogP contribution in [0, 0.1) is 5.92 Å². The smallest absolute Gasteiger partial charge is 0.306 e. The molecule has 0 radical (unpaired) electrons. The fourth-order valence-electron chi connectivity index (χ4n) is 1.98. The fraction of sp³-hybridized carbons (Fsp3) is 0.500. The lowest BCUT2D eigenvalue weighted by molar-refractivity contribution is -0.143. The average Bonchev–Trinajstić information content (AvgIpc) is 2.86. The van der Waals surface area contributed by atoms with E-state index >= 15 is 0 Å². The molecule has 1 saturated heterocycles. The lowest BCUT2D eigenvalue weighted by atomic mass is 9.97. The van der Waals surface area contributed by atoms with Crippen molar-refractivity contribution in [2.45, 2.75) is 12.8 Å². The molecule has 2 heterocycles. The van der Waals surface area contributed by atoms with E-state index in [1.54, 1.807) is 21.6 Å². The molecule has 1 N–H and O–H groups in total. The Labute approximate surface area is 119 Å². The normalized spacial score (nSPS) is 17.5. The van der Waals surface area contributed by atoms with Gasteiger partial charge in [0.25, 0.3) is 5.91 Å². The maximum atomic E-state index is 12.1. The van der Waals surface area contributed by atoms with Crippen LogP contribution in [0.25, 0.3) is 0 Å². The Balaban J connectivity index is 1.97. The number of carbonyl (C=O) groups is 2. The molecule has 0 aliphatic carbocycles. The molecule has 1 aliphatic heterocycles.